The molecule has 11 nitrogen and oxygen atoms in total. The summed E-state index contributed by atoms with van der Waals surface area (Å²) in [5, 5.41) is 17.6. The molecule has 2 N–H and O–H groups in total. The van der Waals surface area contributed by atoms with E-state index in [2.05, 4.69) is 25.5 Å². The van der Waals surface area contributed by atoms with E-state index in [1.54, 1.807) is 36.7 Å². The second kappa shape index (κ2) is 9.30. The zero-order valence-corrected chi connectivity index (χ0v) is 20.1. The van der Waals surface area contributed by atoms with Crippen LogP contribution in [0, 0.1) is 22.0 Å². The Bertz CT molecular complexity index is 1410. The van der Waals surface area contributed by atoms with Gasteiger partial charge in [-0.15, -0.1) is 0 Å². The summed E-state index contributed by atoms with van der Waals surface area (Å²) in [7, 11) is 0. The minimum Gasteiger partial charge on any atom is -0.366 e. The molecule has 11 heteroatoms. The van der Waals surface area contributed by atoms with Crippen LogP contribution in [0.3, 0.4) is 0 Å². The van der Waals surface area contributed by atoms with Gasteiger partial charge in [0.2, 0.25) is 11.9 Å². The lowest BCUT2D eigenvalue weighted by molar-refractivity contribution is -0.384. The van der Waals surface area contributed by atoms with Crippen molar-refractivity contribution in [3.05, 3.63) is 86.6 Å². The van der Waals surface area contributed by atoms with Gasteiger partial charge in [0, 0.05) is 80.1 Å². The smallest absolute Gasteiger partial charge is 0.269 e. The van der Waals surface area contributed by atoms with Gasteiger partial charge in [0.1, 0.15) is 0 Å². The van der Waals surface area contributed by atoms with Gasteiger partial charge in [0.25, 0.3) is 11.2 Å². The van der Waals surface area contributed by atoms with Gasteiger partial charge >= 0.3 is 0 Å². The molecular formula is C26H27N7O4. The molecule has 3 aromatic rings. The Hall–Kier alpha value is -4.28. The fraction of sp³-hybridized carbons (Fsp3) is 0.385. The Morgan fingerprint density at radius 1 is 1.11 bits per heavy atom. The predicted octanol–water partition coefficient (Wildman–Crippen LogP) is 1.94. The van der Waals surface area contributed by atoms with Gasteiger partial charge in [-0.3, -0.25) is 19.7 Å². The van der Waals surface area contributed by atoms with E-state index in [1.165, 1.54) is 6.07 Å². The number of nitrogens with one attached hydrogen (secondary N) is 2. The molecule has 0 radical (unpaired) electrons. The number of non-ortho nitro benzene ring substituents is 1. The van der Waals surface area contributed by atoms with E-state index in [9.17, 15) is 19.7 Å². The Kier molecular flexibility index (Phi) is 5.82. The number of benzene rings is 1. The molecule has 5 heterocycles. The fourth-order valence-corrected chi connectivity index (χ4v) is 6.33. The number of pyridine rings is 1. The van der Waals surface area contributed by atoms with E-state index in [1.807, 2.05) is 16.7 Å². The highest BCUT2D eigenvalue weighted by molar-refractivity contribution is 5.82. The average Bonchev–Trinajstić information content (AvgIpc) is 2.91. The normalized spacial score (nSPS) is 23.3. The molecule has 3 aliphatic heterocycles. The zero-order valence-electron chi connectivity index (χ0n) is 20.1. The van der Waals surface area contributed by atoms with Crippen LogP contribution in [0.2, 0.25) is 0 Å². The number of carbonyl (C=O) groups excluding carboxylic acids is 1. The van der Waals surface area contributed by atoms with E-state index in [4.69, 9.17) is 0 Å². The molecule has 6 rings (SSSR count). The number of piperidine rings is 1. The number of anilines is 2. The predicted molar refractivity (Wildman–Crippen MR) is 137 cm³/mol. The van der Waals surface area contributed by atoms with Crippen LogP contribution in [0.25, 0.3) is 0 Å². The van der Waals surface area contributed by atoms with Crippen LogP contribution < -0.4 is 21.1 Å². The molecule has 190 valence electrons. The van der Waals surface area contributed by atoms with Crippen molar-refractivity contribution >= 4 is 23.2 Å². The van der Waals surface area contributed by atoms with Crippen molar-refractivity contribution in [2.45, 2.75) is 31.3 Å². The number of nitro groups is 1. The Morgan fingerprint density at radius 2 is 1.95 bits per heavy atom. The quantitative estimate of drug-likeness (QED) is 0.297. The lowest BCUT2D eigenvalue weighted by atomic mass is 9.70. The van der Waals surface area contributed by atoms with Gasteiger partial charge in [-0.2, -0.15) is 0 Å². The van der Waals surface area contributed by atoms with E-state index >= 15 is 0 Å². The number of rotatable bonds is 6. The van der Waals surface area contributed by atoms with Crippen molar-refractivity contribution < 1.29 is 9.72 Å². The first-order valence-corrected chi connectivity index (χ1v) is 12.5. The molecule has 1 amide bonds. The van der Waals surface area contributed by atoms with Crippen LogP contribution in [0.1, 0.15) is 23.6 Å². The van der Waals surface area contributed by atoms with Gasteiger partial charge in [-0.05, 0) is 42.5 Å². The van der Waals surface area contributed by atoms with Crippen LogP contribution in [0.15, 0.2) is 59.7 Å². The standard InChI is InChI=1S/C26H27N7O4/c34-23-4-1-3-21-17-11-18(15-31(21)23)24-20(25(35)27-9-10-30-26-28-7-2-8-29-26)13-16-12-19(33(36)37)5-6-22(16)32(24)14-17/h1-8,12,17-18,20,24H,9-11,13-15H2,(H,27,35)(H,28,29,30)/t17-,18-,20+,24-/m0/s1. The summed E-state index contributed by atoms with van der Waals surface area (Å²) in [6.07, 6.45) is 4.61. The van der Waals surface area contributed by atoms with E-state index in [0.29, 0.717) is 38.5 Å². The van der Waals surface area contributed by atoms with Crippen molar-refractivity contribution in [2.24, 2.45) is 11.8 Å². The first-order valence-electron chi connectivity index (χ1n) is 12.5. The molecule has 4 atom stereocenters. The summed E-state index contributed by atoms with van der Waals surface area (Å²) in [6, 6.07) is 12.0. The molecule has 37 heavy (non-hydrogen) atoms. The molecule has 0 aliphatic carbocycles. The highest BCUT2D eigenvalue weighted by Crippen LogP contribution is 2.47. The van der Waals surface area contributed by atoms with Crippen LogP contribution in [-0.4, -0.2) is 51.0 Å². The van der Waals surface area contributed by atoms with Crippen LogP contribution in [0.4, 0.5) is 17.3 Å². The molecule has 2 aromatic heterocycles. The van der Waals surface area contributed by atoms with E-state index in [0.717, 1.165) is 23.4 Å². The average molecular weight is 502 g/mol. The van der Waals surface area contributed by atoms with Gasteiger partial charge in [0.15, 0.2) is 0 Å². The first-order chi connectivity index (χ1) is 18.0. The SMILES string of the molecule is O=C(NCCNc1ncccn1)[C@@H]1Cc2cc([N+](=O)[O-])ccc2N2C[C@@H]3C[C@@H](Cn4c3cccc4=O)[C@@H]12. The largest absolute Gasteiger partial charge is 0.366 e. The summed E-state index contributed by atoms with van der Waals surface area (Å²) in [5.41, 5.74) is 2.79. The number of amides is 1. The second-order valence-electron chi connectivity index (χ2n) is 9.91. The summed E-state index contributed by atoms with van der Waals surface area (Å²) in [5.74, 6) is 0.276. The lowest BCUT2D eigenvalue weighted by Gasteiger charge is -2.54. The molecule has 0 saturated carbocycles. The topological polar surface area (TPSA) is 135 Å². The second-order valence-corrected chi connectivity index (χ2v) is 9.91. The monoisotopic (exact) mass is 501 g/mol. The molecule has 1 fully saturated rings. The van der Waals surface area contributed by atoms with Crippen molar-refractivity contribution in [3.8, 4) is 0 Å². The molecule has 1 aromatic carbocycles. The Labute approximate surface area is 212 Å². The van der Waals surface area contributed by atoms with Gasteiger partial charge in [-0.1, -0.05) is 6.07 Å². The zero-order chi connectivity index (χ0) is 25.5. The number of nitrogens with zero attached hydrogens (tertiary/aromatic N) is 5. The third kappa shape index (κ3) is 4.20. The highest BCUT2D eigenvalue weighted by atomic mass is 16.6. The number of aromatic nitrogens is 3. The third-order valence-electron chi connectivity index (χ3n) is 7.81. The third-order valence-corrected chi connectivity index (χ3v) is 7.81. The van der Waals surface area contributed by atoms with Crippen LogP contribution in [0.5, 0.6) is 0 Å². The molecular weight excluding hydrogens is 474 g/mol. The summed E-state index contributed by atoms with van der Waals surface area (Å²) < 4.78 is 1.86. The van der Waals surface area contributed by atoms with Gasteiger partial charge in [-0.25, -0.2) is 9.97 Å². The van der Waals surface area contributed by atoms with E-state index in [-0.39, 0.29) is 35.0 Å². The number of hydrogen-bond donors (Lipinski definition) is 2. The Morgan fingerprint density at radius 3 is 2.76 bits per heavy atom. The Balaban J connectivity index is 1.28. The minimum atomic E-state index is -0.396. The highest BCUT2D eigenvalue weighted by Gasteiger charge is 2.49. The van der Waals surface area contributed by atoms with Crippen molar-refractivity contribution in [2.75, 3.05) is 29.9 Å². The molecule has 0 unspecified atom stereocenters. The van der Waals surface area contributed by atoms with Crippen molar-refractivity contribution in [1.82, 2.24) is 19.9 Å². The maximum atomic E-state index is 13.6. The maximum absolute atomic E-state index is 13.6. The number of fused-ring (bicyclic) bond motifs is 8. The first kappa shape index (κ1) is 23.1. The number of carbonyl (C=O) groups is 1. The molecule has 3 aliphatic rings. The maximum Gasteiger partial charge on any atom is 0.269 e. The van der Waals surface area contributed by atoms with Crippen LogP contribution >= 0.6 is 0 Å². The number of nitro benzene ring substituents is 1. The molecule has 1 saturated heterocycles. The summed E-state index contributed by atoms with van der Waals surface area (Å²) in [4.78, 5) is 47.8. The fourth-order valence-electron chi connectivity index (χ4n) is 6.33. The van der Waals surface area contributed by atoms with Crippen molar-refractivity contribution in [1.29, 1.82) is 0 Å². The summed E-state index contributed by atoms with van der Waals surface area (Å²) in [6.45, 7) is 2.07. The molecule has 2 bridgehead atoms. The van der Waals surface area contributed by atoms with E-state index < -0.39 is 10.8 Å². The molecule has 0 spiro atoms. The lowest BCUT2D eigenvalue weighted by Crippen LogP contribution is -2.61. The minimum absolute atomic E-state index is 0.0114. The van der Waals surface area contributed by atoms with Gasteiger partial charge < -0.3 is 20.1 Å². The summed E-state index contributed by atoms with van der Waals surface area (Å²) >= 11 is 0. The van der Waals surface area contributed by atoms with Crippen molar-refractivity contribution in [3.63, 3.8) is 0 Å². The van der Waals surface area contributed by atoms with Crippen LogP contribution in [-0.2, 0) is 17.8 Å². The van der Waals surface area contributed by atoms with Gasteiger partial charge in [0.05, 0.1) is 10.8 Å². The number of hydrogen-bond acceptors (Lipinski definition) is 8.